The Balaban J connectivity index is 2.46. The van der Waals surface area contributed by atoms with E-state index < -0.39 is 30.0 Å². The molecule has 0 radical (unpaired) electrons. The third kappa shape index (κ3) is 4.68. The van der Waals surface area contributed by atoms with Crippen LogP contribution in [0.1, 0.15) is 0 Å². The van der Waals surface area contributed by atoms with Gasteiger partial charge in [-0.15, -0.1) is 5.17 Å². The lowest BCUT2D eigenvalue weighted by Crippen LogP contribution is -2.48. The molecule has 0 heterocycles. The molecule has 2 aromatic carbocycles. The zero-order chi connectivity index (χ0) is 19.1. The van der Waals surface area contributed by atoms with E-state index in [2.05, 4.69) is 0 Å². The lowest BCUT2D eigenvalue weighted by molar-refractivity contribution is -0.384. The monoisotopic (exact) mass is 360 g/mol. The van der Waals surface area contributed by atoms with Gasteiger partial charge in [0.05, 0.1) is 22.8 Å². The predicted molar refractivity (Wildman–Crippen MR) is 92.1 cm³/mol. The second-order valence-corrected chi connectivity index (χ2v) is 5.00. The summed E-state index contributed by atoms with van der Waals surface area (Å²) < 4.78 is 0. The number of nitro benzene ring substituents is 1. The van der Waals surface area contributed by atoms with Crippen LogP contribution < -0.4 is 15.9 Å². The number of carbonyl (C=O) groups is 2. The van der Waals surface area contributed by atoms with Gasteiger partial charge in [0.25, 0.3) is 5.69 Å². The van der Waals surface area contributed by atoms with Gasteiger partial charge in [-0.25, -0.2) is 9.80 Å². The quantitative estimate of drug-likeness (QED) is 0.527. The number of hydrogen-bond donors (Lipinski definition) is 2. The second-order valence-electron chi connectivity index (χ2n) is 5.00. The van der Waals surface area contributed by atoms with Crippen LogP contribution in [-0.2, 0) is 14.4 Å². The van der Waals surface area contributed by atoms with Crippen LogP contribution in [0.3, 0.4) is 0 Å². The Bertz CT molecular complexity index is 781. The first-order chi connectivity index (χ1) is 12.4. The average Bonchev–Trinajstić information content (AvgIpc) is 2.65. The number of carboxylic acids is 1. The Morgan fingerprint density at radius 2 is 1.69 bits per heavy atom. The number of nitrogens with zero attached hydrogens (tertiary/aromatic N) is 3. The van der Waals surface area contributed by atoms with Crippen LogP contribution >= 0.6 is 0 Å². The highest BCUT2D eigenvalue weighted by molar-refractivity contribution is 5.77. The minimum atomic E-state index is -1.20. The molecule has 10 nitrogen and oxygen atoms in total. The predicted octanol–water partition coefficient (Wildman–Crippen LogP) is 1.32. The number of carbonyl (C=O) groups excluding carboxylic acids is 1. The van der Waals surface area contributed by atoms with Crippen molar-refractivity contribution in [3.8, 4) is 0 Å². The van der Waals surface area contributed by atoms with E-state index in [0.717, 1.165) is 10.2 Å². The summed E-state index contributed by atoms with van der Waals surface area (Å²) in [4.78, 5) is 38.4. The minimum absolute atomic E-state index is 0.158. The Hall–Kier alpha value is -3.66. The number of hydrazine groups is 1. The molecule has 2 aromatic rings. The number of nitro groups is 1. The average molecular weight is 360 g/mol. The van der Waals surface area contributed by atoms with Crippen molar-refractivity contribution in [1.82, 2.24) is 0 Å². The van der Waals surface area contributed by atoms with Gasteiger partial charge in [-0.3, -0.25) is 14.9 Å². The first kappa shape index (κ1) is 18.7. The summed E-state index contributed by atoms with van der Waals surface area (Å²) in [7, 11) is 0. The van der Waals surface area contributed by atoms with E-state index in [1.165, 1.54) is 24.3 Å². The molecule has 0 aromatic heterocycles. The van der Waals surface area contributed by atoms with E-state index in [0.29, 0.717) is 5.69 Å². The smallest absolute Gasteiger partial charge is 0.348 e. The van der Waals surface area contributed by atoms with Crippen molar-refractivity contribution in [3.63, 3.8) is 0 Å². The number of rotatable bonds is 8. The fraction of sp³-hybridized carbons (Fsp3) is 0.125. The van der Waals surface area contributed by atoms with Gasteiger partial charge in [0.1, 0.15) is 6.54 Å². The van der Waals surface area contributed by atoms with Crippen LogP contribution in [0.5, 0.6) is 0 Å². The van der Waals surface area contributed by atoms with Crippen LogP contribution in [0.15, 0.2) is 54.6 Å². The highest BCUT2D eigenvalue weighted by atomic mass is 16.7. The van der Waals surface area contributed by atoms with Crippen molar-refractivity contribution in [3.05, 3.63) is 64.7 Å². The molecule has 0 aliphatic carbocycles. The number of para-hydroxylation sites is 1. The van der Waals surface area contributed by atoms with Crippen molar-refractivity contribution in [1.29, 1.82) is 0 Å². The summed E-state index contributed by atoms with van der Waals surface area (Å²) in [5.41, 5.74) is 5.76. The molecular weight excluding hydrogens is 344 g/mol. The van der Waals surface area contributed by atoms with E-state index in [9.17, 15) is 24.8 Å². The lowest BCUT2D eigenvalue weighted by atomic mass is 10.2. The molecule has 10 heteroatoms. The van der Waals surface area contributed by atoms with Crippen molar-refractivity contribution >= 4 is 29.0 Å². The van der Waals surface area contributed by atoms with Crippen LogP contribution in [0.2, 0.25) is 0 Å². The van der Waals surface area contributed by atoms with E-state index in [4.69, 9.17) is 10.6 Å². The highest BCUT2D eigenvalue weighted by Crippen LogP contribution is 2.25. The van der Waals surface area contributed by atoms with Gasteiger partial charge < -0.3 is 15.7 Å². The molecule has 0 aliphatic rings. The molecule has 0 unspecified atom stereocenters. The molecular formula is C16H16N4O6. The first-order valence-corrected chi connectivity index (χ1v) is 7.42. The number of carboxylic acid groups (broad SMARTS) is 1. The van der Waals surface area contributed by atoms with E-state index in [1.807, 2.05) is 0 Å². The summed E-state index contributed by atoms with van der Waals surface area (Å²) in [6.45, 7) is -0.977. The zero-order valence-corrected chi connectivity index (χ0v) is 13.5. The number of benzene rings is 2. The van der Waals surface area contributed by atoms with Gasteiger partial charge in [0.15, 0.2) is 0 Å². The number of non-ortho nitro benzene ring substituents is 1. The van der Waals surface area contributed by atoms with Crippen molar-refractivity contribution < 1.29 is 24.5 Å². The topological polar surface area (TPSA) is 139 Å². The summed E-state index contributed by atoms with van der Waals surface area (Å²) >= 11 is 0. The van der Waals surface area contributed by atoms with Gasteiger partial charge in [-0.05, 0) is 24.3 Å². The number of aliphatic carboxylic acids is 1. The Morgan fingerprint density at radius 1 is 1.08 bits per heavy atom. The summed E-state index contributed by atoms with van der Waals surface area (Å²) in [5, 5.41) is 22.2. The second kappa shape index (κ2) is 8.44. The van der Waals surface area contributed by atoms with Crippen LogP contribution in [0.25, 0.3) is 0 Å². The Kier molecular flexibility index (Phi) is 6.06. The van der Waals surface area contributed by atoms with Crippen molar-refractivity contribution in [2.75, 3.05) is 23.3 Å². The maximum Gasteiger partial charge on any atom is 0.348 e. The third-order valence-electron chi connectivity index (χ3n) is 3.19. The molecule has 0 saturated heterocycles. The molecule has 0 amide bonds. The highest BCUT2D eigenvalue weighted by Gasteiger charge is 2.24. The largest absolute Gasteiger partial charge is 0.480 e. The molecule has 26 heavy (non-hydrogen) atoms. The molecule has 0 aliphatic heterocycles. The van der Waals surface area contributed by atoms with E-state index in [-0.39, 0.29) is 11.4 Å². The molecule has 0 atom stereocenters. The summed E-state index contributed by atoms with van der Waals surface area (Å²) in [6, 6.07) is 13.4. The maximum atomic E-state index is 11.7. The minimum Gasteiger partial charge on any atom is -0.480 e. The number of hydrogen-bond acceptors (Lipinski definition) is 8. The maximum absolute atomic E-state index is 11.7. The summed E-state index contributed by atoms with van der Waals surface area (Å²) in [5.74, 6) is -1.99. The fourth-order valence-electron chi connectivity index (χ4n) is 2.07. The molecule has 0 spiro atoms. The Labute approximate surface area is 148 Å². The standard InChI is InChI=1S/C16H16N4O6/c17-10-16(23)26-19(13-4-2-1-3-5-13)18(11-15(21)22)12-6-8-14(9-7-12)20(24)25/h1-9H,10-11,17H2,(H,21,22). The summed E-state index contributed by atoms with van der Waals surface area (Å²) in [6.07, 6.45) is 0. The Morgan fingerprint density at radius 3 is 2.19 bits per heavy atom. The first-order valence-electron chi connectivity index (χ1n) is 7.42. The van der Waals surface area contributed by atoms with Crippen LogP contribution in [-0.4, -0.2) is 35.1 Å². The SMILES string of the molecule is NCC(=O)ON(c1ccccc1)N(CC(=O)O)c1ccc([N+](=O)[O-])cc1. The van der Waals surface area contributed by atoms with Gasteiger partial charge in [-0.2, -0.15) is 0 Å². The van der Waals surface area contributed by atoms with Gasteiger partial charge >= 0.3 is 11.9 Å². The molecule has 2 rings (SSSR count). The molecule has 136 valence electrons. The normalized spacial score (nSPS) is 10.0. The van der Waals surface area contributed by atoms with Gasteiger partial charge in [-0.1, -0.05) is 18.2 Å². The third-order valence-corrected chi connectivity index (χ3v) is 3.19. The number of anilines is 2. The lowest BCUT2D eigenvalue weighted by Gasteiger charge is -2.34. The van der Waals surface area contributed by atoms with E-state index >= 15 is 0 Å². The van der Waals surface area contributed by atoms with Crippen LogP contribution in [0.4, 0.5) is 17.1 Å². The molecule has 0 saturated carbocycles. The van der Waals surface area contributed by atoms with Crippen molar-refractivity contribution in [2.45, 2.75) is 0 Å². The zero-order valence-electron chi connectivity index (χ0n) is 13.5. The van der Waals surface area contributed by atoms with Crippen LogP contribution in [0, 0.1) is 10.1 Å². The molecule has 3 N–H and O–H groups in total. The van der Waals surface area contributed by atoms with Crippen molar-refractivity contribution in [2.24, 2.45) is 5.73 Å². The molecule has 0 bridgehead atoms. The molecule has 0 fully saturated rings. The number of nitrogens with two attached hydrogens (primary N) is 1. The fourth-order valence-corrected chi connectivity index (χ4v) is 2.07. The van der Waals surface area contributed by atoms with E-state index in [1.54, 1.807) is 30.3 Å². The van der Waals surface area contributed by atoms with Gasteiger partial charge in [0.2, 0.25) is 0 Å². The van der Waals surface area contributed by atoms with Gasteiger partial charge in [0, 0.05) is 12.1 Å².